The van der Waals surface area contributed by atoms with Crippen LogP contribution < -0.4 is 5.32 Å². The van der Waals surface area contributed by atoms with Crippen LogP contribution in [0.2, 0.25) is 5.02 Å². The number of rotatable bonds is 4. The largest absolute Gasteiger partial charge is 0.380 e. The van der Waals surface area contributed by atoms with Gasteiger partial charge in [0.1, 0.15) is 5.02 Å². The molecule has 3 rings (SSSR count). The number of thiophene rings is 1. The van der Waals surface area contributed by atoms with Crippen LogP contribution in [0.15, 0.2) is 18.2 Å². The van der Waals surface area contributed by atoms with E-state index in [1.54, 1.807) is 6.07 Å². The third-order valence-electron chi connectivity index (χ3n) is 3.74. The maximum absolute atomic E-state index is 10.8. The third kappa shape index (κ3) is 2.89. The summed E-state index contributed by atoms with van der Waals surface area (Å²) < 4.78 is 0. The molecule has 1 aliphatic rings. The molecule has 0 fully saturated rings. The van der Waals surface area contributed by atoms with E-state index in [0.29, 0.717) is 0 Å². The minimum absolute atomic E-state index is 0.0465. The molecule has 0 spiro atoms. The molecule has 1 aromatic heterocycles. The number of aryl methyl sites for hydroxylation is 3. The summed E-state index contributed by atoms with van der Waals surface area (Å²) in [4.78, 5) is 13.2. The van der Waals surface area contributed by atoms with Gasteiger partial charge in [0.05, 0.1) is 4.92 Å². The summed E-state index contributed by atoms with van der Waals surface area (Å²) >= 11 is 7.82. The molecule has 0 amide bonds. The van der Waals surface area contributed by atoms with E-state index in [1.165, 1.54) is 40.6 Å². The van der Waals surface area contributed by atoms with E-state index in [9.17, 15) is 10.1 Å². The minimum Gasteiger partial charge on any atom is -0.380 e. The normalized spacial score (nSPS) is 13.2. The van der Waals surface area contributed by atoms with E-state index < -0.39 is 4.92 Å². The molecule has 0 aliphatic heterocycles. The number of nitrogens with one attached hydrogen (secondary N) is 1. The molecule has 1 heterocycles. The molecule has 0 unspecified atom stereocenters. The Labute approximate surface area is 131 Å². The second-order valence-electron chi connectivity index (χ2n) is 5.24. The molecule has 2 aromatic rings. The number of hydrogen-bond acceptors (Lipinski definition) is 4. The van der Waals surface area contributed by atoms with Crippen molar-refractivity contribution in [3.05, 3.63) is 54.2 Å². The predicted molar refractivity (Wildman–Crippen MR) is 86.5 cm³/mol. The topological polar surface area (TPSA) is 55.2 Å². The van der Waals surface area contributed by atoms with Crippen molar-refractivity contribution in [1.29, 1.82) is 0 Å². The van der Waals surface area contributed by atoms with E-state index in [2.05, 4.69) is 11.4 Å². The summed E-state index contributed by atoms with van der Waals surface area (Å²) in [6.45, 7) is 2.58. The van der Waals surface area contributed by atoms with Gasteiger partial charge in [0, 0.05) is 28.1 Å². The van der Waals surface area contributed by atoms with Crippen molar-refractivity contribution in [3.63, 3.8) is 0 Å². The molecule has 1 N–H and O–H groups in total. The number of anilines is 1. The van der Waals surface area contributed by atoms with Crippen LogP contribution in [-0.2, 0) is 19.4 Å². The summed E-state index contributed by atoms with van der Waals surface area (Å²) in [5.41, 5.74) is 3.11. The summed E-state index contributed by atoms with van der Waals surface area (Å²) in [6.07, 6.45) is 3.66. The Balaban J connectivity index is 1.75. The number of nitrogens with zero attached hydrogens (tertiary/aromatic N) is 1. The van der Waals surface area contributed by atoms with Crippen LogP contribution in [0.1, 0.15) is 27.3 Å². The highest BCUT2D eigenvalue weighted by Crippen LogP contribution is 2.33. The molecule has 1 aliphatic carbocycles. The first kappa shape index (κ1) is 14.4. The van der Waals surface area contributed by atoms with Gasteiger partial charge in [-0.25, -0.2) is 0 Å². The van der Waals surface area contributed by atoms with Crippen LogP contribution in [0, 0.1) is 17.0 Å². The third-order valence-corrected chi connectivity index (χ3v) is 5.28. The zero-order valence-corrected chi connectivity index (χ0v) is 13.2. The molecule has 21 heavy (non-hydrogen) atoms. The smallest absolute Gasteiger partial charge is 0.288 e. The van der Waals surface area contributed by atoms with E-state index in [-0.39, 0.29) is 10.7 Å². The van der Waals surface area contributed by atoms with Crippen LogP contribution in [0.3, 0.4) is 0 Å². The second-order valence-corrected chi connectivity index (χ2v) is 6.87. The number of hydrogen-bond donors (Lipinski definition) is 1. The van der Waals surface area contributed by atoms with Gasteiger partial charge in [0.2, 0.25) is 0 Å². The average molecular weight is 323 g/mol. The van der Waals surface area contributed by atoms with Crippen molar-refractivity contribution >= 4 is 34.3 Å². The molecule has 0 radical (unpaired) electrons. The highest BCUT2D eigenvalue weighted by Gasteiger charge is 2.16. The van der Waals surface area contributed by atoms with E-state index in [0.717, 1.165) is 17.8 Å². The van der Waals surface area contributed by atoms with Gasteiger partial charge in [-0.1, -0.05) is 11.6 Å². The predicted octanol–water partition coefficient (Wildman–Crippen LogP) is 4.72. The van der Waals surface area contributed by atoms with E-state index in [1.807, 2.05) is 18.3 Å². The molecule has 0 atom stereocenters. The van der Waals surface area contributed by atoms with Crippen molar-refractivity contribution in [3.8, 4) is 0 Å². The molecular weight excluding hydrogens is 308 g/mol. The van der Waals surface area contributed by atoms with Crippen LogP contribution in [0.4, 0.5) is 11.4 Å². The van der Waals surface area contributed by atoms with Crippen LogP contribution in [0.5, 0.6) is 0 Å². The van der Waals surface area contributed by atoms with Crippen molar-refractivity contribution in [2.24, 2.45) is 0 Å². The van der Waals surface area contributed by atoms with Crippen LogP contribution in [-0.4, -0.2) is 4.92 Å². The fourth-order valence-electron chi connectivity index (χ4n) is 2.66. The lowest BCUT2D eigenvalue weighted by Crippen LogP contribution is -2.01. The van der Waals surface area contributed by atoms with Crippen molar-refractivity contribution in [1.82, 2.24) is 0 Å². The van der Waals surface area contributed by atoms with Gasteiger partial charge in [0.15, 0.2) is 0 Å². The van der Waals surface area contributed by atoms with Gasteiger partial charge < -0.3 is 5.32 Å². The van der Waals surface area contributed by atoms with Gasteiger partial charge in [-0.05, 0) is 49.4 Å². The maximum atomic E-state index is 10.8. The Hall–Kier alpha value is -1.59. The highest BCUT2D eigenvalue weighted by atomic mass is 35.5. The molecule has 110 valence electrons. The Kier molecular flexibility index (Phi) is 3.87. The van der Waals surface area contributed by atoms with Crippen molar-refractivity contribution in [2.45, 2.75) is 32.7 Å². The standard InChI is InChI=1S/C15H15ClN2O2S/c1-9-5-14(18(19)20)12(16)7-13(9)17-8-11-6-10-3-2-4-15(10)21-11/h5-7,17H,2-4,8H2,1H3. The molecule has 6 heteroatoms. The lowest BCUT2D eigenvalue weighted by Gasteiger charge is -2.09. The summed E-state index contributed by atoms with van der Waals surface area (Å²) in [5.74, 6) is 0. The van der Waals surface area contributed by atoms with E-state index >= 15 is 0 Å². The van der Waals surface area contributed by atoms with Gasteiger partial charge in [0.25, 0.3) is 5.69 Å². The fraction of sp³-hybridized carbons (Fsp3) is 0.333. The number of nitro benzene ring substituents is 1. The Morgan fingerprint density at radius 2 is 2.19 bits per heavy atom. The van der Waals surface area contributed by atoms with Crippen molar-refractivity contribution in [2.75, 3.05) is 5.32 Å². The van der Waals surface area contributed by atoms with E-state index in [4.69, 9.17) is 11.6 Å². The number of nitro groups is 1. The summed E-state index contributed by atoms with van der Waals surface area (Å²) in [5, 5.41) is 14.3. The fourth-order valence-corrected chi connectivity index (χ4v) is 4.09. The molecule has 4 nitrogen and oxygen atoms in total. The Morgan fingerprint density at radius 3 is 2.90 bits per heavy atom. The monoisotopic (exact) mass is 322 g/mol. The molecule has 1 aromatic carbocycles. The quantitative estimate of drug-likeness (QED) is 0.654. The Bertz CT molecular complexity index is 690. The summed E-state index contributed by atoms with van der Waals surface area (Å²) in [7, 11) is 0. The number of benzene rings is 1. The van der Waals surface area contributed by atoms with Crippen LogP contribution >= 0.6 is 22.9 Å². The number of fused-ring (bicyclic) bond motifs is 1. The van der Waals surface area contributed by atoms with Gasteiger partial charge in [-0.3, -0.25) is 10.1 Å². The Morgan fingerprint density at radius 1 is 1.38 bits per heavy atom. The number of halogens is 1. The average Bonchev–Trinajstić information content (AvgIpc) is 2.99. The van der Waals surface area contributed by atoms with Gasteiger partial charge in [-0.15, -0.1) is 11.3 Å². The van der Waals surface area contributed by atoms with Gasteiger partial charge >= 0.3 is 0 Å². The zero-order valence-electron chi connectivity index (χ0n) is 11.6. The maximum Gasteiger partial charge on any atom is 0.288 e. The van der Waals surface area contributed by atoms with Crippen LogP contribution in [0.25, 0.3) is 0 Å². The first-order valence-corrected chi connectivity index (χ1v) is 8.03. The minimum atomic E-state index is -0.455. The molecular formula is C15H15ClN2O2S. The summed E-state index contributed by atoms with van der Waals surface area (Å²) in [6, 6.07) is 5.41. The molecule has 0 saturated carbocycles. The SMILES string of the molecule is Cc1cc([N+](=O)[O-])c(Cl)cc1NCc1cc2c(s1)CCC2. The molecule has 0 bridgehead atoms. The lowest BCUT2D eigenvalue weighted by molar-refractivity contribution is -0.384. The second kappa shape index (κ2) is 5.66. The lowest BCUT2D eigenvalue weighted by atomic mass is 10.1. The van der Waals surface area contributed by atoms with Gasteiger partial charge in [-0.2, -0.15) is 0 Å². The highest BCUT2D eigenvalue weighted by molar-refractivity contribution is 7.12. The first-order valence-electron chi connectivity index (χ1n) is 6.83. The first-order chi connectivity index (χ1) is 10.0. The zero-order chi connectivity index (χ0) is 15.0. The molecule has 0 saturated heterocycles. The van der Waals surface area contributed by atoms with Crippen molar-refractivity contribution < 1.29 is 4.92 Å².